The number of hydrogen-bond donors (Lipinski definition) is 0. The second-order valence-corrected chi connectivity index (χ2v) is 8.99. The fraction of sp³-hybridized carbons (Fsp3) is 0.194. The zero-order valence-corrected chi connectivity index (χ0v) is 19.0. The minimum atomic E-state index is 0.570. The minimum Gasteiger partial charge on any atom is -0.294 e. The molecule has 4 aromatic rings. The monoisotopic (exact) mass is 428 g/mol. The zero-order valence-electron chi connectivity index (χ0n) is 19.0. The van der Waals surface area contributed by atoms with Crippen LogP contribution in [0, 0.1) is 11.3 Å². The van der Waals surface area contributed by atoms with Crippen LogP contribution in [0.1, 0.15) is 52.6 Å². The van der Waals surface area contributed by atoms with E-state index in [-0.39, 0.29) is 0 Å². The van der Waals surface area contributed by atoms with Gasteiger partial charge in [0.2, 0.25) is 0 Å². The third kappa shape index (κ3) is 4.75. The normalized spacial score (nSPS) is 16.1. The van der Waals surface area contributed by atoms with Gasteiger partial charge in [-0.3, -0.25) is 4.90 Å². The van der Waals surface area contributed by atoms with Crippen molar-refractivity contribution in [2.75, 3.05) is 6.54 Å². The molecule has 1 aliphatic heterocycles. The van der Waals surface area contributed by atoms with Crippen LogP contribution < -0.4 is 0 Å². The first kappa shape index (κ1) is 21.2. The van der Waals surface area contributed by atoms with E-state index in [1.807, 2.05) is 18.2 Å². The lowest BCUT2D eigenvalue weighted by Crippen LogP contribution is -2.33. The quantitative estimate of drug-likeness (QED) is 0.310. The van der Waals surface area contributed by atoms with Gasteiger partial charge < -0.3 is 0 Å². The summed E-state index contributed by atoms with van der Waals surface area (Å²) in [4.78, 5) is 2.58. The molecule has 0 aromatic heterocycles. The van der Waals surface area contributed by atoms with Crippen LogP contribution in [-0.4, -0.2) is 11.4 Å². The van der Waals surface area contributed by atoms with Crippen molar-refractivity contribution >= 4 is 22.9 Å². The number of rotatable bonds is 5. The fourth-order valence-corrected chi connectivity index (χ4v) is 4.90. The molecule has 0 spiro atoms. The molecule has 1 heterocycles. The van der Waals surface area contributed by atoms with Crippen molar-refractivity contribution in [2.24, 2.45) is 0 Å². The second kappa shape index (κ2) is 9.45. The summed E-state index contributed by atoms with van der Waals surface area (Å²) in [6.45, 7) is 5.44. The van der Waals surface area contributed by atoms with Crippen LogP contribution in [0.4, 0.5) is 0 Å². The van der Waals surface area contributed by atoms with Gasteiger partial charge in [-0.05, 0) is 69.1 Å². The first-order valence-electron chi connectivity index (χ1n) is 11.7. The summed E-state index contributed by atoms with van der Waals surface area (Å²) >= 11 is 0. The average molecular weight is 429 g/mol. The maximum absolute atomic E-state index is 9.10. The summed E-state index contributed by atoms with van der Waals surface area (Å²) in [6, 6.07) is 32.2. The molecule has 5 rings (SSSR count). The van der Waals surface area contributed by atoms with Crippen LogP contribution in [0.5, 0.6) is 0 Å². The fourth-order valence-electron chi connectivity index (χ4n) is 4.90. The summed E-state index contributed by atoms with van der Waals surface area (Å²) in [6.07, 6.45) is 5.56. The SMILES string of the molecule is CCC1CN(Cc2ccccc2)Cc2ccc(/C=C/c3ccc4cc(C#N)ccc4c3)cc21. The molecule has 4 aromatic carbocycles. The summed E-state index contributed by atoms with van der Waals surface area (Å²) in [5.41, 5.74) is 7.48. The molecule has 1 atom stereocenters. The van der Waals surface area contributed by atoms with Gasteiger partial charge in [-0.15, -0.1) is 0 Å². The Morgan fingerprint density at radius 3 is 2.39 bits per heavy atom. The van der Waals surface area contributed by atoms with Crippen LogP contribution in [-0.2, 0) is 13.1 Å². The summed E-state index contributed by atoms with van der Waals surface area (Å²) < 4.78 is 0. The van der Waals surface area contributed by atoms with Crippen molar-refractivity contribution in [3.05, 3.63) is 118 Å². The molecule has 0 saturated heterocycles. The lowest BCUT2D eigenvalue weighted by Gasteiger charge is -2.34. The highest BCUT2D eigenvalue weighted by Crippen LogP contribution is 2.32. The van der Waals surface area contributed by atoms with Crippen LogP contribution >= 0.6 is 0 Å². The molecule has 162 valence electrons. The van der Waals surface area contributed by atoms with Crippen molar-refractivity contribution in [1.82, 2.24) is 4.90 Å². The summed E-state index contributed by atoms with van der Waals surface area (Å²) in [7, 11) is 0. The molecule has 0 N–H and O–H groups in total. The third-order valence-electron chi connectivity index (χ3n) is 6.69. The topological polar surface area (TPSA) is 27.0 Å². The van der Waals surface area contributed by atoms with Gasteiger partial charge >= 0.3 is 0 Å². The molecule has 2 heteroatoms. The lowest BCUT2D eigenvalue weighted by atomic mass is 9.86. The third-order valence-corrected chi connectivity index (χ3v) is 6.69. The Morgan fingerprint density at radius 2 is 1.61 bits per heavy atom. The Bertz CT molecular complexity index is 1340. The Hall–Kier alpha value is -3.67. The minimum absolute atomic E-state index is 0.570. The highest BCUT2D eigenvalue weighted by Gasteiger charge is 2.24. The van der Waals surface area contributed by atoms with E-state index in [0.29, 0.717) is 11.5 Å². The van der Waals surface area contributed by atoms with Crippen molar-refractivity contribution in [2.45, 2.75) is 32.4 Å². The first-order chi connectivity index (χ1) is 16.2. The Morgan fingerprint density at radius 1 is 0.879 bits per heavy atom. The van der Waals surface area contributed by atoms with Crippen molar-refractivity contribution in [3.63, 3.8) is 0 Å². The molecular formula is C31H28N2. The largest absolute Gasteiger partial charge is 0.294 e. The number of benzene rings is 4. The van der Waals surface area contributed by atoms with Crippen LogP contribution in [0.3, 0.4) is 0 Å². The highest BCUT2D eigenvalue weighted by atomic mass is 15.1. The molecule has 33 heavy (non-hydrogen) atoms. The predicted molar refractivity (Wildman–Crippen MR) is 138 cm³/mol. The van der Waals surface area contributed by atoms with E-state index in [1.54, 1.807) is 0 Å². The number of fused-ring (bicyclic) bond motifs is 2. The Kier molecular flexibility index (Phi) is 6.07. The van der Waals surface area contributed by atoms with Crippen LogP contribution in [0.15, 0.2) is 84.9 Å². The van der Waals surface area contributed by atoms with Crippen molar-refractivity contribution in [3.8, 4) is 6.07 Å². The number of nitrogens with zero attached hydrogens (tertiary/aromatic N) is 2. The molecule has 0 aliphatic carbocycles. The van der Waals surface area contributed by atoms with Gasteiger partial charge in [-0.2, -0.15) is 5.26 Å². The molecule has 0 radical (unpaired) electrons. The van der Waals surface area contributed by atoms with E-state index < -0.39 is 0 Å². The summed E-state index contributed by atoms with van der Waals surface area (Å²) in [5, 5.41) is 11.4. The van der Waals surface area contributed by atoms with E-state index in [2.05, 4.69) is 96.8 Å². The maximum atomic E-state index is 9.10. The van der Waals surface area contributed by atoms with Gasteiger partial charge in [0.1, 0.15) is 0 Å². The molecule has 0 saturated carbocycles. The van der Waals surface area contributed by atoms with Gasteiger partial charge in [0, 0.05) is 19.6 Å². The average Bonchev–Trinajstić information content (AvgIpc) is 2.87. The molecule has 0 fully saturated rings. The molecule has 1 aliphatic rings. The van der Waals surface area contributed by atoms with E-state index in [4.69, 9.17) is 5.26 Å². The van der Waals surface area contributed by atoms with Gasteiger partial charge in [0.05, 0.1) is 11.6 Å². The van der Waals surface area contributed by atoms with E-state index >= 15 is 0 Å². The maximum Gasteiger partial charge on any atom is 0.0991 e. The molecule has 1 unspecified atom stereocenters. The molecular weight excluding hydrogens is 400 g/mol. The predicted octanol–water partition coefficient (Wildman–Crippen LogP) is 7.39. The second-order valence-electron chi connectivity index (χ2n) is 8.99. The Balaban J connectivity index is 1.35. The van der Waals surface area contributed by atoms with Crippen molar-refractivity contribution in [1.29, 1.82) is 5.26 Å². The first-order valence-corrected chi connectivity index (χ1v) is 11.7. The molecule has 0 bridgehead atoms. The van der Waals surface area contributed by atoms with Crippen LogP contribution in [0.2, 0.25) is 0 Å². The van der Waals surface area contributed by atoms with Gasteiger partial charge in [0.15, 0.2) is 0 Å². The highest BCUT2D eigenvalue weighted by molar-refractivity contribution is 5.87. The summed E-state index contributed by atoms with van der Waals surface area (Å²) in [5.74, 6) is 0.570. The van der Waals surface area contributed by atoms with Gasteiger partial charge in [-0.25, -0.2) is 0 Å². The molecule has 0 amide bonds. The zero-order chi connectivity index (χ0) is 22.6. The van der Waals surface area contributed by atoms with E-state index in [9.17, 15) is 0 Å². The Labute approximate surface area is 196 Å². The van der Waals surface area contributed by atoms with E-state index in [0.717, 1.165) is 36.8 Å². The smallest absolute Gasteiger partial charge is 0.0991 e. The van der Waals surface area contributed by atoms with Gasteiger partial charge in [0.25, 0.3) is 0 Å². The van der Waals surface area contributed by atoms with E-state index in [1.165, 1.54) is 27.8 Å². The van der Waals surface area contributed by atoms with Gasteiger partial charge in [-0.1, -0.05) is 85.8 Å². The van der Waals surface area contributed by atoms with Crippen molar-refractivity contribution < 1.29 is 0 Å². The lowest BCUT2D eigenvalue weighted by molar-refractivity contribution is 0.219. The standard InChI is InChI=1S/C31H28N2/c1-2-27-21-33(20-25-6-4-3-5-7-25)22-30-15-11-24(18-31(27)30)9-8-23-10-13-29-17-26(19-32)12-14-28(29)16-23/h3-18,27H,2,20-22H2,1H3/b9-8+. The number of hydrogen-bond acceptors (Lipinski definition) is 2. The van der Waals surface area contributed by atoms with Crippen LogP contribution in [0.25, 0.3) is 22.9 Å². The molecule has 2 nitrogen and oxygen atoms in total. The number of nitriles is 1.